The molecule has 1 heterocycles. The van der Waals surface area contributed by atoms with E-state index in [4.69, 9.17) is 5.73 Å². The van der Waals surface area contributed by atoms with Gasteiger partial charge in [0.1, 0.15) is 0 Å². The third-order valence-corrected chi connectivity index (χ3v) is 3.20. The zero-order valence-electron chi connectivity index (χ0n) is 8.41. The number of benzene rings is 1. The van der Waals surface area contributed by atoms with Crippen LogP contribution in [0.4, 0.5) is 5.69 Å². The van der Waals surface area contributed by atoms with E-state index in [-0.39, 0.29) is 10.6 Å². The molecule has 2 rings (SSSR count). The Balaban J connectivity index is 2.53. The molecule has 84 valence electrons. The van der Waals surface area contributed by atoms with Gasteiger partial charge in [0.15, 0.2) is 9.84 Å². The molecule has 0 spiro atoms. The summed E-state index contributed by atoms with van der Waals surface area (Å²) in [6.07, 6.45) is 2.29. The number of aromatic nitrogens is 2. The minimum Gasteiger partial charge on any atom is -0.398 e. The van der Waals surface area contributed by atoms with Gasteiger partial charge in [-0.05, 0) is 18.2 Å². The van der Waals surface area contributed by atoms with E-state index in [1.807, 2.05) is 0 Å². The quantitative estimate of drug-likeness (QED) is 0.775. The first-order valence-corrected chi connectivity index (χ1v) is 6.24. The summed E-state index contributed by atoms with van der Waals surface area (Å²) < 4.78 is 27.2. The third kappa shape index (κ3) is 1.89. The van der Waals surface area contributed by atoms with Crippen LogP contribution in [0.1, 0.15) is 0 Å². The molecule has 0 aliphatic carbocycles. The molecule has 1 aromatic heterocycles. The Hall–Kier alpha value is -1.89. The summed E-state index contributed by atoms with van der Waals surface area (Å²) in [5.41, 5.74) is 6.43. The topological polar surface area (TPSA) is 99.1 Å². The molecule has 0 atom stereocenters. The van der Waals surface area contributed by atoms with Crippen LogP contribution in [0.3, 0.4) is 0 Å². The molecule has 0 aliphatic heterocycles. The fourth-order valence-electron chi connectivity index (χ4n) is 1.32. The smallest absolute Gasteiger partial charge is 0.214 e. The van der Waals surface area contributed by atoms with Gasteiger partial charge >= 0.3 is 0 Å². The van der Waals surface area contributed by atoms with Crippen molar-refractivity contribution in [2.75, 3.05) is 12.0 Å². The minimum absolute atomic E-state index is 0.0970. The van der Waals surface area contributed by atoms with Crippen molar-refractivity contribution in [1.29, 1.82) is 0 Å². The van der Waals surface area contributed by atoms with E-state index >= 15 is 0 Å². The van der Waals surface area contributed by atoms with Crippen molar-refractivity contribution in [3.05, 3.63) is 24.6 Å². The van der Waals surface area contributed by atoms with Gasteiger partial charge in [0.25, 0.3) is 0 Å². The first-order chi connectivity index (χ1) is 7.48. The average molecular weight is 239 g/mol. The molecule has 1 aromatic carbocycles. The van der Waals surface area contributed by atoms with Gasteiger partial charge in [-0.1, -0.05) is 5.16 Å². The number of nitrogens with two attached hydrogens (primary N) is 1. The summed E-state index contributed by atoms with van der Waals surface area (Å²) in [6, 6.07) is 4.51. The van der Waals surface area contributed by atoms with Crippen molar-refractivity contribution < 1.29 is 12.9 Å². The molecule has 0 saturated heterocycles. The van der Waals surface area contributed by atoms with Crippen LogP contribution in [-0.4, -0.2) is 24.8 Å². The molecule has 0 unspecified atom stereocenters. The predicted molar refractivity (Wildman–Crippen MR) is 57.3 cm³/mol. The lowest BCUT2D eigenvalue weighted by Gasteiger charge is -2.04. The van der Waals surface area contributed by atoms with Crippen LogP contribution in [0.25, 0.3) is 11.4 Å². The number of anilines is 1. The Kier molecular flexibility index (Phi) is 2.39. The second-order valence-corrected chi connectivity index (χ2v) is 5.26. The van der Waals surface area contributed by atoms with Crippen molar-refractivity contribution in [2.45, 2.75) is 4.90 Å². The fraction of sp³-hybridized carbons (Fsp3) is 0.111. The molecule has 0 aliphatic rings. The molecule has 0 radical (unpaired) electrons. The molecule has 0 saturated carbocycles. The Morgan fingerprint density at radius 2 is 2.12 bits per heavy atom. The number of nitrogens with zero attached hydrogens (tertiary/aromatic N) is 2. The van der Waals surface area contributed by atoms with Gasteiger partial charge in [0.2, 0.25) is 12.2 Å². The van der Waals surface area contributed by atoms with E-state index in [1.165, 1.54) is 18.5 Å². The SMILES string of the molecule is CS(=O)(=O)c1ccc(-c2ncon2)cc1N. The number of nitrogen functional groups attached to an aromatic ring is 1. The Labute approximate surface area is 92.0 Å². The standard InChI is InChI=1S/C9H9N3O3S/c1-16(13,14)8-3-2-6(4-7(8)10)9-11-5-15-12-9/h2-5H,10H2,1H3. The summed E-state index contributed by atoms with van der Waals surface area (Å²) in [4.78, 5) is 3.93. The van der Waals surface area contributed by atoms with Crippen LogP contribution in [0.15, 0.2) is 34.0 Å². The van der Waals surface area contributed by atoms with Gasteiger partial charge in [-0.3, -0.25) is 0 Å². The predicted octanol–water partition coefficient (Wildman–Crippen LogP) is 0.722. The lowest BCUT2D eigenvalue weighted by atomic mass is 10.2. The summed E-state index contributed by atoms with van der Waals surface area (Å²) >= 11 is 0. The molecule has 2 aromatic rings. The van der Waals surface area contributed by atoms with Crippen molar-refractivity contribution in [2.24, 2.45) is 0 Å². The maximum Gasteiger partial charge on any atom is 0.214 e. The van der Waals surface area contributed by atoms with E-state index in [9.17, 15) is 8.42 Å². The van der Waals surface area contributed by atoms with Crippen LogP contribution in [0, 0.1) is 0 Å². The second-order valence-electron chi connectivity index (χ2n) is 3.28. The van der Waals surface area contributed by atoms with Crippen molar-refractivity contribution in [3.8, 4) is 11.4 Å². The Morgan fingerprint density at radius 3 is 2.62 bits per heavy atom. The monoisotopic (exact) mass is 239 g/mol. The number of hydrogen-bond donors (Lipinski definition) is 1. The highest BCUT2D eigenvalue weighted by molar-refractivity contribution is 7.90. The summed E-state index contributed by atoms with van der Waals surface area (Å²) in [5.74, 6) is 0.367. The molecule has 0 bridgehead atoms. The summed E-state index contributed by atoms with van der Waals surface area (Å²) in [7, 11) is -3.31. The van der Waals surface area contributed by atoms with E-state index in [1.54, 1.807) is 6.07 Å². The van der Waals surface area contributed by atoms with Crippen LogP contribution < -0.4 is 5.73 Å². The van der Waals surface area contributed by atoms with Crippen molar-refractivity contribution in [1.82, 2.24) is 10.1 Å². The van der Waals surface area contributed by atoms with E-state index < -0.39 is 9.84 Å². The third-order valence-electron chi connectivity index (χ3n) is 2.03. The van der Waals surface area contributed by atoms with Gasteiger partial charge in [-0.2, -0.15) is 4.98 Å². The zero-order chi connectivity index (χ0) is 11.8. The Morgan fingerprint density at radius 1 is 1.38 bits per heavy atom. The van der Waals surface area contributed by atoms with Crippen molar-refractivity contribution >= 4 is 15.5 Å². The molecule has 0 fully saturated rings. The zero-order valence-corrected chi connectivity index (χ0v) is 9.23. The van der Waals surface area contributed by atoms with Gasteiger partial charge in [0, 0.05) is 11.8 Å². The number of hydrogen-bond acceptors (Lipinski definition) is 6. The highest BCUT2D eigenvalue weighted by Gasteiger charge is 2.13. The van der Waals surface area contributed by atoms with E-state index in [0.29, 0.717) is 11.4 Å². The molecule has 0 amide bonds. The highest BCUT2D eigenvalue weighted by Crippen LogP contribution is 2.24. The van der Waals surface area contributed by atoms with Gasteiger partial charge in [0.05, 0.1) is 10.6 Å². The van der Waals surface area contributed by atoms with Crippen LogP contribution >= 0.6 is 0 Å². The van der Waals surface area contributed by atoms with E-state index in [0.717, 1.165) is 6.26 Å². The number of sulfone groups is 1. The highest BCUT2D eigenvalue weighted by atomic mass is 32.2. The van der Waals surface area contributed by atoms with E-state index in [2.05, 4.69) is 14.7 Å². The second kappa shape index (κ2) is 3.60. The number of rotatable bonds is 2. The first-order valence-electron chi connectivity index (χ1n) is 4.35. The lowest BCUT2D eigenvalue weighted by Crippen LogP contribution is -2.02. The normalized spacial score (nSPS) is 11.6. The lowest BCUT2D eigenvalue weighted by molar-refractivity contribution is 0.419. The molecule has 16 heavy (non-hydrogen) atoms. The van der Waals surface area contributed by atoms with Gasteiger partial charge < -0.3 is 10.3 Å². The first kappa shape index (κ1) is 10.6. The molecule has 7 heteroatoms. The molecular weight excluding hydrogens is 230 g/mol. The maximum absolute atomic E-state index is 11.3. The molecule has 2 N–H and O–H groups in total. The fourth-order valence-corrected chi connectivity index (χ4v) is 2.13. The van der Waals surface area contributed by atoms with Crippen LogP contribution in [0.2, 0.25) is 0 Å². The largest absolute Gasteiger partial charge is 0.398 e. The minimum atomic E-state index is -3.31. The average Bonchev–Trinajstić information content (AvgIpc) is 2.68. The summed E-state index contributed by atoms with van der Waals surface area (Å²) in [6.45, 7) is 0. The molecule has 6 nitrogen and oxygen atoms in total. The van der Waals surface area contributed by atoms with Crippen molar-refractivity contribution in [3.63, 3.8) is 0 Å². The van der Waals surface area contributed by atoms with Crippen LogP contribution in [-0.2, 0) is 9.84 Å². The Bertz CT molecular complexity index is 605. The van der Waals surface area contributed by atoms with Crippen LogP contribution in [0.5, 0.6) is 0 Å². The van der Waals surface area contributed by atoms with Gasteiger partial charge in [-0.15, -0.1) is 0 Å². The van der Waals surface area contributed by atoms with Gasteiger partial charge in [-0.25, -0.2) is 8.42 Å². The maximum atomic E-state index is 11.3. The summed E-state index contributed by atoms with van der Waals surface area (Å²) in [5, 5.41) is 3.63. The molecular formula is C9H9N3O3S.